The number of alkyl halides is 3. The monoisotopic (exact) mass is 197 g/mol. The second kappa shape index (κ2) is 4.19. The van der Waals surface area contributed by atoms with E-state index in [2.05, 4.69) is 5.92 Å². The zero-order chi connectivity index (χ0) is 10.6. The average molecular weight is 197 g/mol. The topological polar surface area (TPSA) is 0 Å². The number of halogens is 3. The number of rotatable bonds is 2. The first-order chi connectivity index (χ1) is 6.54. The molecule has 73 valence electrons. The first-order valence-electron chi connectivity index (χ1n) is 3.98. The summed E-state index contributed by atoms with van der Waals surface area (Å²) in [5.74, 6) is 2.34. The van der Waals surface area contributed by atoms with E-state index in [0.717, 1.165) is 12.1 Å². The highest BCUT2D eigenvalue weighted by Crippen LogP contribution is 2.29. The Morgan fingerprint density at radius 3 is 2.64 bits per heavy atom. The van der Waals surface area contributed by atoms with E-state index >= 15 is 0 Å². The predicted octanol–water partition coefficient (Wildman–Crippen LogP) is 3.28. The van der Waals surface area contributed by atoms with E-state index in [1.807, 2.05) is 0 Å². The van der Waals surface area contributed by atoms with Gasteiger partial charge in [-0.3, -0.25) is 0 Å². The highest BCUT2D eigenvalue weighted by molar-refractivity contribution is 5.31. The van der Waals surface area contributed by atoms with Gasteiger partial charge in [-0.2, -0.15) is 13.2 Å². The Bertz CT molecular complexity index is 344. The normalized spacial score (nSPS) is 11.0. The molecule has 1 rings (SSSR count). The van der Waals surface area contributed by atoms with Gasteiger partial charge in [-0.25, -0.2) is 0 Å². The van der Waals surface area contributed by atoms with Crippen molar-refractivity contribution in [2.75, 3.05) is 0 Å². The second-order valence-electron chi connectivity index (χ2n) is 2.74. The zero-order valence-corrected chi connectivity index (χ0v) is 7.31. The summed E-state index contributed by atoms with van der Waals surface area (Å²) in [6.45, 7) is 0. The Morgan fingerprint density at radius 1 is 1.36 bits per heavy atom. The smallest absolute Gasteiger partial charge is 0.166 e. The molecule has 0 heterocycles. The Balaban J connectivity index is 2.86. The summed E-state index contributed by atoms with van der Waals surface area (Å²) in [5.41, 5.74) is -0.152. The predicted molar refractivity (Wildman–Crippen MR) is 48.3 cm³/mol. The van der Waals surface area contributed by atoms with Crippen LogP contribution < -0.4 is 0 Å². The molecular formula is C11H8F3. The summed E-state index contributed by atoms with van der Waals surface area (Å²) in [4.78, 5) is 0. The molecule has 0 fully saturated rings. The summed E-state index contributed by atoms with van der Waals surface area (Å²) >= 11 is 0. The van der Waals surface area contributed by atoms with Crippen molar-refractivity contribution in [1.29, 1.82) is 0 Å². The Kier molecular flexibility index (Phi) is 3.19. The molecule has 0 unspecified atom stereocenters. The standard InChI is InChI=1S/C11H8F3/c1-2-3-5-9-6-4-7-10(8-9)11(12,13)14/h1,4-8H,3H2. The molecule has 14 heavy (non-hydrogen) atoms. The third-order valence-corrected chi connectivity index (χ3v) is 1.67. The van der Waals surface area contributed by atoms with Gasteiger partial charge in [0.2, 0.25) is 0 Å². The van der Waals surface area contributed by atoms with Gasteiger partial charge in [0.1, 0.15) is 0 Å². The molecule has 0 saturated heterocycles. The van der Waals surface area contributed by atoms with Crippen LogP contribution in [0.25, 0.3) is 0 Å². The third-order valence-electron chi connectivity index (χ3n) is 1.67. The SMILES string of the molecule is C#CC[CH]c1cccc(C(F)(F)F)c1. The van der Waals surface area contributed by atoms with Crippen LogP contribution in [0.3, 0.4) is 0 Å². The third kappa shape index (κ3) is 2.81. The maximum absolute atomic E-state index is 12.2. The molecule has 3 heteroatoms. The van der Waals surface area contributed by atoms with Crippen molar-refractivity contribution in [2.45, 2.75) is 12.6 Å². The lowest BCUT2D eigenvalue weighted by Crippen LogP contribution is -2.04. The minimum Gasteiger partial charge on any atom is -0.166 e. The molecule has 0 aliphatic rings. The van der Waals surface area contributed by atoms with Gasteiger partial charge < -0.3 is 0 Å². The van der Waals surface area contributed by atoms with Crippen LogP contribution in [0, 0.1) is 18.8 Å². The molecule has 0 nitrogen and oxygen atoms in total. The molecule has 0 bridgehead atoms. The van der Waals surface area contributed by atoms with Crippen LogP contribution in [0.4, 0.5) is 13.2 Å². The van der Waals surface area contributed by atoms with Gasteiger partial charge in [-0.05, 0) is 11.6 Å². The maximum Gasteiger partial charge on any atom is 0.416 e. The maximum atomic E-state index is 12.2. The van der Waals surface area contributed by atoms with E-state index in [0.29, 0.717) is 12.0 Å². The van der Waals surface area contributed by atoms with Crippen LogP contribution in [-0.4, -0.2) is 0 Å². The van der Waals surface area contributed by atoms with Crippen LogP contribution in [0.15, 0.2) is 24.3 Å². The van der Waals surface area contributed by atoms with Crippen molar-refractivity contribution >= 4 is 0 Å². The minimum absolute atomic E-state index is 0.335. The molecule has 0 aromatic heterocycles. The van der Waals surface area contributed by atoms with Crippen LogP contribution in [-0.2, 0) is 6.18 Å². The Labute approximate surface area is 80.8 Å². The number of benzene rings is 1. The summed E-state index contributed by atoms with van der Waals surface area (Å²) in [6, 6.07) is 5.07. The quantitative estimate of drug-likeness (QED) is 0.638. The first kappa shape index (κ1) is 10.6. The van der Waals surface area contributed by atoms with Crippen LogP contribution in [0.2, 0.25) is 0 Å². The molecular weight excluding hydrogens is 189 g/mol. The van der Waals surface area contributed by atoms with Crippen molar-refractivity contribution in [2.24, 2.45) is 0 Å². The number of hydrogen-bond acceptors (Lipinski definition) is 0. The molecule has 1 aromatic carbocycles. The van der Waals surface area contributed by atoms with Gasteiger partial charge in [0.15, 0.2) is 0 Å². The lowest BCUT2D eigenvalue weighted by molar-refractivity contribution is -0.137. The highest BCUT2D eigenvalue weighted by atomic mass is 19.4. The lowest BCUT2D eigenvalue weighted by Gasteiger charge is -2.07. The Hall–Kier alpha value is -1.43. The summed E-state index contributed by atoms with van der Waals surface area (Å²) in [6.07, 6.45) is 2.62. The second-order valence-corrected chi connectivity index (χ2v) is 2.74. The van der Waals surface area contributed by atoms with Crippen molar-refractivity contribution in [3.8, 4) is 12.3 Å². The molecule has 0 N–H and O–H groups in total. The average Bonchev–Trinajstić information content (AvgIpc) is 2.14. The highest BCUT2D eigenvalue weighted by Gasteiger charge is 2.30. The van der Waals surface area contributed by atoms with Gasteiger partial charge in [-0.15, -0.1) is 12.3 Å². The van der Waals surface area contributed by atoms with Gasteiger partial charge in [0, 0.05) is 12.8 Å². The van der Waals surface area contributed by atoms with Gasteiger partial charge in [0.25, 0.3) is 0 Å². The zero-order valence-electron chi connectivity index (χ0n) is 7.31. The van der Waals surface area contributed by atoms with E-state index < -0.39 is 11.7 Å². The van der Waals surface area contributed by atoms with E-state index in [4.69, 9.17) is 6.42 Å². The van der Waals surface area contributed by atoms with Crippen molar-refractivity contribution in [3.63, 3.8) is 0 Å². The van der Waals surface area contributed by atoms with E-state index in [1.165, 1.54) is 6.07 Å². The summed E-state index contributed by atoms with van der Waals surface area (Å²) in [5, 5.41) is 0. The lowest BCUT2D eigenvalue weighted by atomic mass is 10.1. The fourth-order valence-corrected chi connectivity index (χ4v) is 1.02. The van der Waals surface area contributed by atoms with Gasteiger partial charge in [-0.1, -0.05) is 18.2 Å². The van der Waals surface area contributed by atoms with Crippen LogP contribution in [0.1, 0.15) is 17.5 Å². The molecule has 0 saturated carbocycles. The van der Waals surface area contributed by atoms with Crippen molar-refractivity contribution in [1.82, 2.24) is 0 Å². The molecule has 1 radical (unpaired) electrons. The molecule has 0 aliphatic heterocycles. The van der Waals surface area contributed by atoms with Crippen molar-refractivity contribution < 1.29 is 13.2 Å². The fourth-order valence-electron chi connectivity index (χ4n) is 1.02. The molecule has 0 spiro atoms. The number of hydrogen-bond donors (Lipinski definition) is 0. The van der Waals surface area contributed by atoms with E-state index in [-0.39, 0.29) is 0 Å². The van der Waals surface area contributed by atoms with Crippen molar-refractivity contribution in [3.05, 3.63) is 41.8 Å². The first-order valence-corrected chi connectivity index (χ1v) is 3.98. The van der Waals surface area contributed by atoms with Gasteiger partial charge >= 0.3 is 6.18 Å². The molecule has 0 aliphatic carbocycles. The summed E-state index contributed by atoms with van der Waals surface area (Å²) < 4.78 is 36.7. The van der Waals surface area contributed by atoms with Crippen LogP contribution >= 0.6 is 0 Å². The van der Waals surface area contributed by atoms with Crippen LogP contribution in [0.5, 0.6) is 0 Å². The Morgan fingerprint density at radius 2 is 2.07 bits per heavy atom. The molecule has 0 atom stereocenters. The largest absolute Gasteiger partial charge is 0.416 e. The molecule has 1 aromatic rings. The van der Waals surface area contributed by atoms with E-state index in [9.17, 15) is 13.2 Å². The fraction of sp³-hybridized carbons (Fsp3) is 0.182. The van der Waals surface area contributed by atoms with Gasteiger partial charge in [0.05, 0.1) is 5.56 Å². The van der Waals surface area contributed by atoms with E-state index in [1.54, 1.807) is 12.5 Å². The summed E-state index contributed by atoms with van der Waals surface area (Å²) in [7, 11) is 0. The number of terminal acetylenes is 1. The minimum atomic E-state index is -4.29. The molecule has 0 amide bonds.